The molecule has 2 aromatic heterocycles. The Morgan fingerprint density at radius 1 is 1.00 bits per heavy atom. The van der Waals surface area contributed by atoms with Gasteiger partial charge in [-0.2, -0.15) is 5.26 Å². The highest BCUT2D eigenvalue weighted by molar-refractivity contribution is 5.84. The van der Waals surface area contributed by atoms with Gasteiger partial charge in [0.25, 0.3) is 0 Å². The lowest BCUT2D eigenvalue weighted by Gasteiger charge is -2.36. The molecule has 6 heteroatoms. The van der Waals surface area contributed by atoms with Crippen molar-refractivity contribution in [2.24, 2.45) is 0 Å². The largest absolute Gasteiger partial charge is 0.464 e. The number of rotatable bonds is 6. The summed E-state index contributed by atoms with van der Waals surface area (Å²) in [4.78, 5) is 20.3. The van der Waals surface area contributed by atoms with E-state index in [9.17, 15) is 4.79 Å². The summed E-state index contributed by atoms with van der Waals surface area (Å²) in [6.07, 6.45) is 6.83. The third-order valence-electron chi connectivity index (χ3n) is 6.45. The molecule has 32 heavy (non-hydrogen) atoms. The Morgan fingerprint density at radius 3 is 2.72 bits per heavy atom. The summed E-state index contributed by atoms with van der Waals surface area (Å²) in [6.45, 7) is 5.08. The van der Waals surface area contributed by atoms with E-state index in [1.807, 2.05) is 36.4 Å². The number of aromatic amines is 1. The molecule has 1 N–H and O–H groups in total. The van der Waals surface area contributed by atoms with Crippen molar-refractivity contribution in [3.8, 4) is 6.07 Å². The van der Waals surface area contributed by atoms with Crippen LogP contribution in [0.15, 0.2) is 64.1 Å². The second kappa shape index (κ2) is 8.89. The molecule has 1 fully saturated rings. The van der Waals surface area contributed by atoms with Crippen LogP contribution in [0.4, 0.5) is 5.69 Å². The lowest BCUT2D eigenvalue weighted by Crippen LogP contribution is -2.46. The minimum Gasteiger partial charge on any atom is -0.464 e. The minimum atomic E-state index is 0.00536. The molecule has 0 atom stereocenters. The average molecular weight is 427 g/mol. The van der Waals surface area contributed by atoms with Crippen molar-refractivity contribution in [2.75, 3.05) is 37.6 Å². The van der Waals surface area contributed by atoms with Gasteiger partial charge in [-0.15, -0.1) is 0 Å². The lowest BCUT2D eigenvalue weighted by atomic mass is 10.1. The van der Waals surface area contributed by atoms with E-state index in [1.165, 1.54) is 23.3 Å². The Bertz CT molecular complexity index is 1340. The van der Waals surface area contributed by atoms with Gasteiger partial charge in [0, 0.05) is 55.0 Å². The van der Waals surface area contributed by atoms with Crippen LogP contribution in [0.25, 0.3) is 21.9 Å². The van der Waals surface area contributed by atoms with E-state index < -0.39 is 0 Å². The summed E-state index contributed by atoms with van der Waals surface area (Å²) < 4.78 is 5.43. The smallest absolute Gasteiger partial charge is 0.192 e. The molecule has 0 saturated carbocycles. The maximum atomic E-state index is 12.1. The van der Waals surface area contributed by atoms with Crippen molar-refractivity contribution < 1.29 is 4.42 Å². The predicted molar refractivity (Wildman–Crippen MR) is 127 cm³/mol. The molecule has 0 unspecified atom stereocenters. The number of nitrogens with zero attached hydrogens (tertiary/aromatic N) is 3. The number of fused-ring (bicyclic) bond motifs is 2. The number of aromatic nitrogens is 1. The highest BCUT2D eigenvalue weighted by Gasteiger charge is 2.17. The molecule has 1 saturated heterocycles. The third-order valence-corrected chi connectivity index (χ3v) is 6.45. The predicted octanol–water partition coefficient (Wildman–Crippen LogP) is 4.29. The van der Waals surface area contributed by atoms with Crippen LogP contribution < -0.4 is 10.3 Å². The highest BCUT2D eigenvalue weighted by atomic mass is 16.3. The summed E-state index contributed by atoms with van der Waals surface area (Å²) in [6, 6.07) is 15.4. The van der Waals surface area contributed by atoms with E-state index in [4.69, 9.17) is 9.68 Å². The maximum Gasteiger partial charge on any atom is 0.192 e. The quantitative estimate of drug-likeness (QED) is 0.466. The second-order valence-electron chi connectivity index (χ2n) is 8.44. The minimum absolute atomic E-state index is 0.00536. The molecular weight excluding hydrogens is 400 g/mol. The van der Waals surface area contributed by atoms with Crippen LogP contribution in [0, 0.1) is 11.3 Å². The Morgan fingerprint density at radius 2 is 1.88 bits per heavy atom. The molecule has 5 rings (SSSR count). The summed E-state index contributed by atoms with van der Waals surface area (Å²) in [5.41, 5.74) is 4.84. The third kappa shape index (κ3) is 4.12. The Hall–Kier alpha value is -3.56. The summed E-state index contributed by atoms with van der Waals surface area (Å²) >= 11 is 0. The van der Waals surface area contributed by atoms with Gasteiger partial charge in [0.1, 0.15) is 5.58 Å². The Labute approximate surface area is 186 Å². The highest BCUT2D eigenvalue weighted by Crippen LogP contribution is 2.23. The molecule has 0 aliphatic carbocycles. The van der Waals surface area contributed by atoms with E-state index in [-0.39, 0.29) is 5.43 Å². The number of unbranched alkanes of at least 4 members (excludes halogenated alkanes) is 1. The van der Waals surface area contributed by atoms with Gasteiger partial charge in [0.15, 0.2) is 5.43 Å². The van der Waals surface area contributed by atoms with Crippen molar-refractivity contribution in [1.29, 1.82) is 5.26 Å². The van der Waals surface area contributed by atoms with Crippen LogP contribution in [0.2, 0.25) is 0 Å². The van der Waals surface area contributed by atoms with Gasteiger partial charge in [-0.1, -0.05) is 0 Å². The lowest BCUT2D eigenvalue weighted by molar-refractivity contribution is 0.253. The van der Waals surface area contributed by atoms with Gasteiger partial charge in [-0.25, -0.2) is 0 Å². The number of piperazine rings is 1. The standard InChI is InChI=1S/C26H26N4O2/c27-17-19-4-6-24-22(15-19)20(18-28-24)3-1-2-9-29-10-12-30(13-11-29)21-5-7-26-23(16-21)25(31)8-14-32-26/h4-8,14-16,18,28H,1-3,9-13H2. The first-order chi connectivity index (χ1) is 15.7. The van der Waals surface area contributed by atoms with Gasteiger partial charge in [0.05, 0.1) is 23.3 Å². The van der Waals surface area contributed by atoms with Gasteiger partial charge < -0.3 is 14.3 Å². The monoisotopic (exact) mass is 426 g/mol. The maximum absolute atomic E-state index is 12.1. The number of benzene rings is 2. The zero-order chi connectivity index (χ0) is 21.9. The first-order valence-corrected chi connectivity index (χ1v) is 11.2. The van der Waals surface area contributed by atoms with Gasteiger partial charge in [-0.3, -0.25) is 9.69 Å². The summed E-state index contributed by atoms with van der Waals surface area (Å²) in [7, 11) is 0. The fraction of sp³-hybridized carbons (Fsp3) is 0.308. The zero-order valence-electron chi connectivity index (χ0n) is 18.0. The number of aryl methyl sites for hydroxylation is 1. The van der Waals surface area contributed by atoms with Gasteiger partial charge in [-0.05, 0) is 67.8 Å². The molecule has 6 nitrogen and oxygen atoms in total. The summed E-state index contributed by atoms with van der Waals surface area (Å²) in [5, 5.41) is 11.0. The number of hydrogen-bond donors (Lipinski definition) is 1. The molecule has 4 aromatic rings. The molecule has 162 valence electrons. The van der Waals surface area contributed by atoms with Crippen LogP contribution >= 0.6 is 0 Å². The molecule has 1 aliphatic rings. The van der Waals surface area contributed by atoms with Gasteiger partial charge in [0.2, 0.25) is 0 Å². The SMILES string of the molecule is N#Cc1ccc2[nH]cc(CCCCN3CCN(c4ccc5occc(=O)c5c4)CC3)c2c1. The Kier molecular flexibility index (Phi) is 5.66. The summed E-state index contributed by atoms with van der Waals surface area (Å²) in [5.74, 6) is 0. The van der Waals surface area contributed by atoms with Crippen LogP contribution in [-0.4, -0.2) is 42.6 Å². The number of nitriles is 1. The normalized spacial score (nSPS) is 14.8. The van der Waals surface area contributed by atoms with E-state index >= 15 is 0 Å². The molecule has 0 bridgehead atoms. The Balaban J connectivity index is 1.12. The topological polar surface area (TPSA) is 76.3 Å². The molecule has 2 aromatic carbocycles. The van der Waals surface area contributed by atoms with Crippen molar-refractivity contribution >= 4 is 27.6 Å². The molecule has 0 amide bonds. The number of H-pyrrole nitrogens is 1. The van der Waals surface area contributed by atoms with Gasteiger partial charge >= 0.3 is 0 Å². The first kappa shape index (κ1) is 20.3. The fourth-order valence-corrected chi connectivity index (χ4v) is 4.60. The average Bonchev–Trinajstić information content (AvgIpc) is 3.24. The van der Waals surface area contributed by atoms with Crippen LogP contribution in [-0.2, 0) is 6.42 Å². The second-order valence-corrected chi connectivity index (χ2v) is 8.44. The van der Waals surface area contributed by atoms with Crippen LogP contribution in [0.1, 0.15) is 24.0 Å². The number of anilines is 1. The zero-order valence-corrected chi connectivity index (χ0v) is 18.0. The van der Waals surface area contributed by atoms with Crippen LogP contribution in [0.5, 0.6) is 0 Å². The van der Waals surface area contributed by atoms with E-state index in [0.29, 0.717) is 16.5 Å². The van der Waals surface area contributed by atoms with Crippen molar-refractivity contribution in [2.45, 2.75) is 19.3 Å². The van der Waals surface area contributed by atoms with E-state index in [2.05, 4.69) is 27.0 Å². The first-order valence-electron chi connectivity index (χ1n) is 11.2. The van der Waals surface area contributed by atoms with Crippen molar-refractivity contribution in [1.82, 2.24) is 9.88 Å². The molecule has 1 aliphatic heterocycles. The van der Waals surface area contributed by atoms with E-state index in [0.717, 1.165) is 63.2 Å². The molecular formula is C26H26N4O2. The van der Waals surface area contributed by atoms with Crippen molar-refractivity contribution in [3.63, 3.8) is 0 Å². The molecule has 0 spiro atoms. The molecule has 3 heterocycles. The van der Waals surface area contributed by atoms with E-state index in [1.54, 1.807) is 0 Å². The molecule has 0 radical (unpaired) electrons. The van der Waals surface area contributed by atoms with Crippen molar-refractivity contribution in [3.05, 3.63) is 76.3 Å². The number of nitrogens with one attached hydrogen (secondary N) is 1. The fourth-order valence-electron chi connectivity index (χ4n) is 4.60. The number of hydrogen-bond acceptors (Lipinski definition) is 5. The van der Waals surface area contributed by atoms with Crippen LogP contribution in [0.3, 0.4) is 0 Å².